The summed E-state index contributed by atoms with van der Waals surface area (Å²) in [5.74, 6) is -0.158. The van der Waals surface area contributed by atoms with Gasteiger partial charge < -0.3 is 15.2 Å². The second kappa shape index (κ2) is 4.96. The zero-order valence-corrected chi connectivity index (χ0v) is 11.1. The molecule has 0 unspecified atom stereocenters. The molecule has 2 N–H and O–H groups in total. The second-order valence-corrected chi connectivity index (χ2v) is 4.81. The van der Waals surface area contributed by atoms with Gasteiger partial charge in [0.2, 0.25) is 5.95 Å². The van der Waals surface area contributed by atoms with Crippen molar-refractivity contribution < 1.29 is 9.18 Å². The van der Waals surface area contributed by atoms with Crippen molar-refractivity contribution in [1.82, 2.24) is 9.55 Å². The molecule has 0 fully saturated rings. The molecule has 1 aliphatic heterocycles. The molecule has 3 rings (SSSR count). The van der Waals surface area contributed by atoms with Gasteiger partial charge in [0.1, 0.15) is 11.5 Å². The molecule has 0 saturated carbocycles. The van der Waals surface area contributed by atoms with Gasteiger partial charge in [0.05, 0.1) is 5.69 Å². The van der Waals surface area contributed by atoms with Crippen LogP contribution in [0.1, 0.15) is 22.5 Å². The number of hydrogen-bond donors (Lipinski definition) is 2. The van der Waals surface area contributed by atoms with Crippen molar-refractivity contribution >= 4 is 17.5 Å². The zero-order valence-electron chi connectivity index (χ0n) is 11.1. The lowest BCUT2D eigenvalue weighted by atomic mass is 10.2. The van der Waals surface area contributed by atoms with Crippen molar-refractivity contribution in [1.29, 1.82) is 0 Å². The Morgan fingerprint density at radius 3 is 3.10 bits per heavy atom. The SMILES string of the molecule is Cc1cccc(F)c1NC(=O)c1cn2c(n1)NCCC2. The maximum Gasteiger partial charge on any atom is 0.276 e. The van der Waals surface area contributed by atoms with E-state index in [-0.39, 0.29) is 11.4 Å². The number of hydrogen-bond acceptors (Lipinski definition) is 3. The van der Waals surface area contributed by atoms with Gasteiger partial charge in [-0.05, 0) is 25.0 Å². The van der Waals surface area contributed by atoms with E-state index < -0.39 is 11.7 Å². The van der Waals surface area contributed by atoms with Gasteiger partial charge in [-0.3, -0.25) is 4.79 Å². The average Bonchev–Trinajstić information content (AvgIpc) is 2.87. The number of nitrogens with zero attached hydrogens (tertiary/aromatic N) is 2. The molecule has 5 nitrogen and oxygen atoms in total. The number of carbonyl (C=O) groups excluding carboxylic acids is 1. The molecular formula is C14H15FN4O. The number of nitrogens with one attached hydrogen (secondary N) is 2. The Hall–Kier alpha value is -2.37. The molecule has 2 aromatic rings. The van der Waals surface area contributed by atoms with Crippen LogP contribution in [0.3, 0.4) is 0 Å². The fourth-order valence-electron chi connectivity index (χ4n) is 2.25. The number of imidazole rings is 1. The molecule has 0 aliphatic carbocycles. The minimum absolute atomic E-state index is 0.205. The lowest BCUT2D eigenvalue weighted by Crippen LogP contribution is -2.16. The highest BCUT2D eigenvalue weighted by Gasteiger charge is 2.18. The summed E-state index contributed by atoms with van der Waals surface area (Å²) < 4.78 is 15.6. The molecule has 0 spiro atoms. The topological polar surface area (TPSA) is 59.0 Å². The van der Waals surface area contributed by atoms with Crippen LogP contribution in [0.15, 0.2) is 24.4 Å². The molecule has 104 valence electrons. The molecule has 2 heterocycles. The van der Waals surface area contributed by atoms with E-state index in [4.69, 9.17) is 0 Å². The molecule has 0 bridgehead atoms. The number of anilines is 2. The summed E-state index contributed by atoms with van der Waals surface area (Å²) in [6, 6.07) is 4.68. The van der Waals surface area contributed by atoms with Gasteiger partial charge in [-0.25, -0.2) is 9.37 Å². The third-order valence-corrected chi connectivity index (χ3v) is 3.33. The van der Waals surface area contributed by atoms with Crippen molar-refractivity contribution in [2.75, 3.05) is 17.2 Å². The van der Waals surface area contributed by atoms with Crippen molar-refractivity contribution in [3.05, 3.63) is 41.5 Å². The Morgan fingerprint density at radius 1 is 1.50 bits per heavy atom. The predicted molar refractivity (Wildman–Crippen MR) is 74.4 cm³/mol. The minimum Gasteiger partial charge on any atom is -0.356 e. The number of amides is 1. The highest BCUT2D eigenvalue weighted by atomic mass is 19.1. The maximum absolute atomic E-state index is 13.7. The quantitative estimate of drug-likeness (QED) is 0.884. The number of benzene rings is 1. The summed E-state index contributed by atoms with van der Waals surface area (Å²) in [5.41, 5.74) is 1.17. The van der Waals surface area contributed by atoms with Crippen LogP contribution in [0.2, 0.25) is 0 Å². The Balaban J connectivity index is 1.84. The normalized spacial score (nSPS) is 13.5. The number of para-hydroxylation sites is 1. The average molecular weight is 274 g/mol. The number of fused-ring (bicyclic) bond motifs is 1. The van der Waals surface area contributed by atoms with Crippen LogP contribution in [-0.4, -0.2) is 22.0 Å². The molecule has 20 heavy (non-hydrogen) atoms. The minimum atomic E-state index is -0.444. The summed E-state index contributed by atoms with van der Waals surface area (Å²) in [7, 11) is 0. The van der Waals surface area contributed by atoms with Gasteiger partial charge in [0.15, 0.2) is 0 Å². The van der Waals surface area contributed by atoms with Gasteiger partial charge in [-0.1, -0.05) is 12.1 Å². The number of carbonyl (C=O) groups is 1. The first-order chi connectivity index (χ1) is 9.65. The van der Waals surface area contributed by atoms with Gasteiger partial charge in [-0.15, -0.1) is 0 Å². The number of aryl methyl sites for hydroxylation is 2. The van der Waals surface area contributed by atoms with Crippen molar-refractivity contribution in [3.63, 3.8) is 0 Å². The highest BCUT2D eigenvalue weighted by molar-refractivity contribution is 6.03. The number of rotatable bonds is 2. The Kier molecular flexibility index (Phi) is 3.14. The molecule has 1 amide bonds. The molecule has 1 aliphatic rings. The first-order valence-corrected chi connectivity index (χ1v) is 6.52. The Labute approximate surface area is 115 Å². The first-order valence-electron chi connectivity index (χ1n) is 6.52. The Bertz CT molecular complexity index is 621. The maximum atomic E-state index is 13.7. The van der Waals surface area contributed by atoms with Crippen LogP contribution in [0, 0.1) is 12.7 Å². The molecule has 1 aromatic heterocycles. The summed E-state index contributed by atoms with van der Waals surface area (Å²) in [4.78, 5) is 16.4. The molecular weight excluding hydrogens is 259 g/mol. The van der Waals surface area contributed by atoms with E-state index in [0.717, 1.165) is 19.5 Å². The van der Waals surface area contributed by atoms with Crippen LogP contribution in [0.25, 0.3) is 0 Å². The van der Waals surface area contributed by atoms with E-state index >= 15 is 0 Å². The van der Waals surface area contributed by atoms with Crippen LogP contribution < -0.4 is 10.6 Å². The second-order valence-electron chi connectivity index (χ2n) is 4.81. The largest absolute Gasteiger partial charge is 0.356 e. The van der Waals surface area contributed by atoms with E-state index in [9.17, 15) is 9.18 Å². The van der Waals surface area contributed by atoms with E-state index in [1.54, 1.807) is 25.3 Å². The third kappa shape index (κ3) is 2.24. The molecule has 0 radical (unpaired) electrons. The van der Waals surface area contributed by atoms with Crippen molar-refractivity contribution in [2.45, 2.75) is 19.9 Å². The zero-order chi connectivity index (χ0) is 14.1. The first kappa shape index (κ1) is 12.7. The lowest BCUT2D eigenvalue weighted by molar-refractivity contribution is 0.102. The van der Waals surface area contributed by atoms with Crippen LogP contribution in [0.4, 0.5) is 16.0 Å². The molecule has 1 aromatic carbocycles. The number of aromatic nitrogens is 2. The highest BCUT2D eigenvalue weighted by Crippen LogP contribution is 2.20. The van der Waals surface area contributed by atoms with E-state index in [2.05, 4.69) is 15.6 Å². The Morgan fingerprint density at radius 2 is 2.35 bits per heavy atom. The molecule has 0 atom stereocenters. The predicted octanol–water partition coefficient (Wildman–Crippen LogP) is 2.40. The monoisotopic (exact) mass is 274 g/mol. The van der Waals surface area contributed by atoms with E-state index in [1.165, 1.54) is 6.07 Å². The summed E-state index contributed by atoms with van der Waals surface area (Å²) in [5, 5.41) is 5.71. The van der Waals surface area contributed by atoms with Crippen molar-refractivity contribution in [2.24, 2.45) is 0 Å². The smallest absolute Gasteiger partial charge is 0.276 e. The van der Waals surface area contributed by atoms with Gasteiger partial charge in [-0.2, -0.15) is 0 Å². The van der Waals surface area contributed by atoms with Gasteiger partial charge in [0, 0.05) is 19.3 Å². The van der Waals surface area contributed by atoms with E-state index in [1.807, 2.05) is 4.57 Å². The third-order valence-electron chi connectivity index (χ3n) is 3.33. The summed E-state index contributed by atoms with van der Waals surface area (Å²) in [6.45, 7) is 3.43. The van der Waals surface area contributed by atoms with Crippen LogP contribution in [0.5, 0.6) is 0 Å². The van der Waals surface area contributed by atoms with Crippen molar-refractivity contribution in [3.8, 4) is 0 Å². The van der Waals surface area contributed by atoms with E-state index in [0.29, 0.717) is 11.5 Å². The molecule has 0 saturated heterocycles. The van der Waals surface area contributed by atoms with Gasteiger partial charge >= 0.3 is 0 Å². The van der Waals surface area contributed by atoms with Crippen LogP contribution in [-0.2, 0) is 6.54 Å². The summed E-state index contributed by atoms with van der Waals surface area (Å²) in [6.07, 6.45) is 2.68. The standard InChI is InChI=1S/C14H15FN4O/c1-9-4-2-5-10(15)12(9)18-13(20)11-8-19-7-3-6-16-14(19)17-11/h2,4-5,8H,3,6-7H2,1H3,(H,16,17)(H,18,20). The van der Waals surface area contributed by atoms with Gasteiger partial charge in [0.25, 0.3) is 5.91 Å². The lowest BCUT2D eigenvalue weighted by Gasteiger charge is -2.14. The summed E-state index contributed by atoms with van der Waals surface area (Å²) >= 11 is 0. The molecule has 6 heteroatoms. The fraction of sp³-hybridized carbons (Fsp3) is 0.286. The fourth-order valence-corrected chi connectivity index (χ4v) is 2.25. The van der Waals surface area contributed by atoms with Crippen LogP contribution >= 0.6 is 0 Å². The number of halogens is 1.